The summed E-state index contributed by atoms with van der Waals surface area (Å²) in [5.41, 5.74) is 0.247. The van der Waals surface area contributed by atoms with Gasteiger partial charge in [-0.15, -0.1) is 0 Å². The van der Waals surface area contributed by atoms with Crippen molar-refractivity contribution in [3.8, 4) is 0 Å². The second kappa shape index (κ2) is 5.71. The molecule has 0 bridgehead atoms. The van der Waals surface area contributed by atoms with Gasteiger partial charge in [-0.25, -0.2) is 9.59 Å². The molecule has 0 radical (unpaired) electrons. The summed E-state index contributed by atoms with van der Waals surface area (Å²) in [6.07, 6.45) is -0.791. The van der Waals surface area contributed by atoms with Crippen LogP contribution in [0.15, 0.2) is 24.3 Å². The fraction of sp³-hybridized carbons (Fsp3) is 0.231. The van der Waals surface area contributed by atoms with Gasteiger partial charge in [-0.1, -0.05) is 12.1 Å². The van der Waals surface area contributed by atoms with Crippen LogP contribution in [-0.4, -0.2) is 45.1 Å². The van der Waals surface area contributed by atoms with Crippen LogP contribution in [0, 0.1) is 0 Å². The summed E-state index contributed by atoms with van der Waals surface area (Å²) in [5.74, 6) is -3.91. The highest BCUT2D eigenvalue weighted by molar-refractivity contribution is 6.22. The van der Waals surface area contributed by atoms with E-state index in [0.29, 0.717) is 4.90 Å². The maximum absolute atomic E-state index is 12.1. The van der Waals surface area contributed by atoms with Crippen molar-refractivity contribution in [2.75, 3.05) is 0 Å². The minimum atomic E-state index is -1.50. The van der Waals surface area contributed by atoms with Gasteiger partial charge in [0.05, 0.1) is 17.5 Å². The molecule has 1 atom stereocenters. The first kappa shape index (κ1) is 14.7. The molecule has 2 rings (SSSR count). The Morgan fingerprint density at radius 2 is 1.67 bits per heavy atom. The number of fused-ring (bicyclic) bond motifs is 1. The molecule has 8 nitrogen and oxygen atoms in total. The van der Waals surface area contributed by atoms with Gasteiger partial charge in [0.2, 0.25) is 0 Å². The lowest BCUT2D eigenvalue weighted by molar-refractivity contribution is -0.234. The van der Waals surface area contributed by atoms with Crippen LogP contribution >= 0.6 is 0 Å². The summed E-state index contributed by atoms with van der Waals surface area (Å²) < 4.78 is 0. The SMILES string of the molecule is O=C(CCC(C(=O)O)N1C(=O)c2ccccc2C1=O)OO. The van der Waals surface area contributed by atoms with Gasteiger partial charge in [0.1, 0.15) is 6.04 Å². The number of carbonyl (C=O) groups excluding carboxylic acids is 3. The zero-order chi connectivity index (χ0) is 15.6. The number of nitrogens with zero attached hydrogens (tertiary/aromatic N) is 1. The molecule has 0 aliphatic carbocycles. The molecular formula is C13H11NO7. The Morgan fingerprint density at radius 1 is 1.14 bits per heavy atom. The number of carboxylic acids is 1. The predicted octanol–water partition coefficient (Wildman–Crippen LogP) is 0.532. The van der Waals surface area contributed by atoms with Crippen LogP contribution in [0.5, 0.6) is 0 Å². The number of hydrogen-bond donors (Lipinski definition) is 2. The number of benzene rings is 1. The Kier molecular flexibility index (Phi) is 3.99. The topological polar surface area (TPSA) is 121 Å². The molecule has 1 unspecified atom stereocenters. The molecule has 1 aliphatic heterocycles. The Hall–Kier alpha value is -2.74. The zero-order valence-corrected chi connectivity index (χ0v) is 10.7. The van der Waals surface area contributed by atoms with Crippen LogP contribution in [0.2, 0.25) is 0 Å². The zero-order valence-electron chi connectivity index (χ0n) is 10.7. The van der Waals surface area contributed by atoms with E-state index in [2.05, 4.69) is 4.89 Å². The first-order chi connectivity index (χ1) is 9.97. The Labute approximate surface area is 118 Å². The number of rotatable bonds is 5. The van der Waals surface area contributed by atoms with Gasteiger partial charge in [0.25, 0.3) is 11.8 Å². The summed E-state index contributed by atoms with van der Waals surface area (Å²) in [6.45, 7) is 0. The highest BCUT2D eigenvalue weighted by atomic mass is 17.1. The Balaban J connectivity index is 2.27. The molecule has 0 saturated heterocycles. The van der Waals surface area contributed by atoms with Crippen LogP contribution < -0.4 is 0 Å². The average molecular weight is 293 g/mol. The van der Waals surface area contributed by atoms with Gasteiger partial charge >= 0.3 is 11.9 Å². The summed E-state index contributed by atoms with van der Waals surface area (Å²) in [5, 5.41) is 17.3. The summed E-state index contributed by atoms with van der Waals surface area (Å²) >= 11 is 0. The van der Waals surface area contributed by atoms with Crippen molar-refractivity contribution in [1.29, 1.82) is 0 Å². The van der Waals surface area contributed by atoms with E-state index >= 15 is 0 Å². The quantitative estimate of drug-likeness (QED) is 0.461. The molecule has 2 amide bonds. The van der Waals surface area contributed by atoms with E-state index in [-0.39, 0.29) is 17.5 Å². The van der Waals surface area contributed by atoms with Crippen LogP contribution in [-0.2, 0) is 14.5 Å². The molecule has 0 saturated carbocycles. The van der Waals surface area contributed by atoms with Crippen molar-refractivity contribution in [2.45, 2.75) is 18.9 Å². The van der Waals surface area contributed by atoms with E-state index < -0.39 is 36.2 Å². The average Bonchev–Trinajstić information content (AvgIpc) is 2.72. The number of hydrogen-bond acceptors (Lipinski definition) is 6. The predicted molar refractivity (Wildman–Crippen MR) is 66.3 cm³/mol. The fourth-order valence-electron chi connectivity index (χ4n) is 2.15. The number of amides is 2. The minimum absolute atomic E-state index is 0.124. The molecule has 0 spiro atoms. The third-order valence-electron chi connectivity index (χ3n) is 3.15. The lowest BCUT2D eigenvalue weighted by atomic mass is 10.1. The molecule has 0 fully saturated rings. The smallest absolute Gasteiger partial charge is 0.342 e. The van der Waals surface area contributed by atoms with E-state index in [1.807, 2.05) is 0 Å². The number of aliphatic carboxylic acids is 1. The Morgan fingerprint density at radius 3 is 2.10 bits per heavy atom. The minimum Gasteiger partial charge on any atom is -0.480 e. The van der Waals surface area contributed by atoms with Crippen molar-refractivity contribution in [3.05, 3.63) is 35.4 Å². The van der Waals surface area contributed by atoms with Crippen molar-refractivity contribution >= 4 is 23.8 Å². The lowest BCUT2D eigenvalue weighted by Gasteiger charge is -2.21. The standard InChI is InChI=1S/C13H11NO7/c15-10(21-20)6-5-9(13(18)19)14-11(16)7-3-1-2-4-8(7)12(14)17/h1-4,9,20H,5-6H2,(H,18,19). The summed E-state index contributed by atoms with van der Waals surface area (Å²) in [4.78, 5) is 50.5. The number of carboxylic acid groups (broad SMARTS) is 1. The molecule has 0 aromatic heterocycles. The van der Waals surface area contributed by atoms with Crippen LogP contribution in [0.25, 0.3) is 0 Å². The van der Waals surface area contributed by atoms with E-state index in [0.717, 1.165) is 0 Å². The highest BCUT2D eigenvalue weighted by Crippen LogP contribution is 2.26. The molecule has 110 valence electrons. The monoisotopic (exact) mass is 293 g/mol. The first-order valence-electron chi connectivity index (χ1n) is 6.01. The molecule has 1 aromatic carbocycles. The summed E-state index contributed by atoms with van der Waals surface area (Å²) in [7, 11) is 0. The fourth-order valence-corrected chi connectivity index (χ4v) is 2.15. The second-order valence-corrected chi connectivity index (χ2v) is 4.38. The normalized spacial score (nSPS) is 14.8. The van der Waals surface area contributed by atoms with Gasteiger partial charge in [-0.05, 0) is 18.6 Å². The van der Waals surface area contributed by atoms with Crippen molar-refractivity contribution in [3.63, 3.8) is 0 Å². The van der Waals surface area contributed by atoms with Crippen molar-refractivity contribution < 1.29 is 34.4 Å². The van der Waals surface area contributed by atoms with E-state index in [1.54, 1.807) is 12.1 Å². The van der Waals surface area contributed by atoms with Gasteiger partial charge in [-0.3, -0.25) is 14.5 Å². The van der Waals surface area contributed by atoms with Gasteiger partial charge in [0.15, 0.2) is 0 Å². The molecule has 1 aliphatic rings. The number of carbonyl (C=O) groups is 4. The van der Waals surface area contributed by atoms with Gasteiger partial charge in [0, 0.05) is 0 Å². The van der Waals surface area contributed by atoms with E-state index in [4.69, 9.17) is 5.26 Å². The highest BCUT2D eigenvalue weighted by Gasteiger charge is 2.42. The summed E-state index contributed by atoms with van der Waals surface area (Å²) in [6, 6.07) is 4.47. The molecule has 1 heterocycles. The maximum Gasteiger partial charge on any atom is 0.342 e. The molecule has 2 N–H and O–H groups in total. The van der Waals surface area contributed by atoms with Crippen LogP contribution in [0.4, 0.5) is 0 Å². The molecular weight excluding hydrogens is 282 g/mol. The van der Waals surface area contributed by atoms with Gasteiger partial charge < -0.3 is 9.99 Å². The third-order valence-corrected chi connectivity index (χ3v) is 3.15. The number of imide groups is 1. The van der Waals surface area contributed by atoms with Gasteiger partial charge in [-0.2, -0.15) is 5.26 Å². The third kappa shape index (κ3) is 2.61. The van der Waals surface area contributed by atoms with E-state index in [1.165, 1.54) is 12.1 Å². The van der Waals surface area contributed by atoms with Crippen LogP contribution in [0.1, 0.15) is 33.6 Å². The lowest BCUT2D eigenvalue weighted by Crippen LogP contribution is -2.45. The second-order valence-electron chi connectivity index (χ2n) is 4.38. The molecule has 8 heteroatoms. The van der Waals surface area contributed by atoms with Crippen LogP contribution in [0.3, 0.4) is 0 Å². The maximum atomic E-state index is 12.1. The molecule has 21 heavy (non-hydrogen) atoms. The Bertz CT molecular complexity index is 590. The largest absolute Gasteiger partial charge is 0.480 e. The van der Waals surface area contributed by atoms with Crippen molar-refractivity contribution in [1.82, 2.24) is 4.90 Å². The molecule has 1 aromatic rings. The van der Waals surface area contributed by atoms with Crippen molar-refractivity contribution in [2.24, 2.45) is 0 Å². The first-order valence-corrected chi connectivity index (χ1v) is 6.01. The van der Waals surface area contributed by atoms with E-state index in [9.17, 15) is 24.3 Å².